The molecule has 0 saturated heterocycles. The van der Waals surface area contributed by atoms with Gasteiger partial charge in [-0.05, 0) is 48.9 Å². The summed E-state index contributed by atoms with van der Waals surface area (Å²) in [6, 6.07) is 16.9. The van der Waals surface area contributed by atoms with Gasteiger partial charge in [-0.25, -0.2) is 8.42 Å². The van der Waals surface area contributed by atoms with Gasteiger partial charge in [-0.15, -0.1) is 6.42 Å². The van der Waals surface area contributed by atoms with Gasteiger partial charge >= 0.3 is 5.97 Å². The third kappa shape index (κ3) is 6.78. The van der Waals surface area contributed by atoms with E-state index in [9.17, 15) is 28.1 Å². The van der Waals surface area contributed by atoms with Crippen molar-refractivity contribution < 1.29 is 32.4 Å². The first kappa shape index (κ1) is 27.1. The Kier molecular flexibility index (Phi) is 8.39. The van der Waals surface area contributed by atoms with Gasteiger partial charge in [0.15, 0.2) is 11.6 Å². The third-order valence-electron chi connectivity index (χ3n) is 5.27. The molecule has 0 saturated carbocycles. The number of nitro groups is 1. The zero-order valence-electron chi connectivity index (χ0n) is 19.6. The number of benzene rings is 3. The fourth-order valence-electron chi connectivity index (χ4n) is 3.20. The van der Waals surface area contributed by atoms with Crippen LogP contribution in [-0.2, 0) is 26.2 Å². The van der Waals surface area contributed by atoms with Gasteiger partial charge in [0.05, 0.1) is 9.82 Å². The van der Waals surface area contributed by atoms with Crippen LogP contribution in [0.25, 0.3) is 0 Å². The quantitative estimate of drug-likeness (QED) is 0.133. The lowest BCUT2D eigenvalue weighted by atomic mass is 9.97. The lowest BCUT2D eigenvalue weighted by molar-refractivity contribution is -0.384. The smallest absolute Gasteiger partial charge is 0.329 e. The van der Waals surface area contributed by atoms with E-state index in [4.69, 9.17) is 15.9 Å². The Balaban J connectivity index is 1.94. The third-order valence-corrected chi connectivity index (χ3v) is 6.71. The second kappa shape index (κ2) is 11.5. The van der Waals surface area contributed by atoms with E-state index in [0.29, 0.717) is 17.4 Å². The van der Waals surface area contributed by atoms with E-state index in [-0.39, 0.29) is 22.9 Å². The molecule has 10 nitrogen and oxygen atoms in total. The summed E-state index contributed by atoms with van der Waals surface area (Å²) in [5, 5.41) is 10.9. The summed E-state index contributed by atoms with van der Waals surface area (Å²) >= 11 is 0. The molecule has 0 spiro atoms. The van der Waals surface area contributed by atoms with Gasteiger partial charge in [-0.3, -0.25) is 19.7 Å². The minimum atomic E-state index is -4.42. The van der Waals surface area contributed by atoms with E-state index >= 15 is 0 Å². The molecule has 3 rings (SSSR count). The van der Waals surface area contributed by atoms with Gasteiger partial charge in [0, 0.05) is 17.7 Å². The number of nitrogens with zero attached hydrogens (tertiary/aromatic N) is 1. The number of carbonyl (C=O) groups is 2. The number of sulfonamides is 1. The van der Waals surface area contributed by atoms with E-state index in [1.54, 1.807) is 30.3 Å². The predicted octanol–water partition coefficient (Wildman–Crippen LogP) is 3.27. The molecule has 0 aliphatic rings. The van der Waals surface area contributed by atoms with E-state index in [1.165, 1.54) is 31.2 Å². The fraction of sp³-hybridized carbons (Fsp3) is 0.154. The number of nitrogens with one attached hydrogen (secondary N) is 1. The zero-order valence-corrected chi connectivity index (χ0v) is 20.4. The van der Waals surface area contributed by atoms with Gasteiger partial charge in [-0.2, -0.15) is 4.72 Å². The molecule has 0 fully saturated rings. The van der Waals surface area contributed by atoms with Crippen molar-refractivity contribution in [1.29, 1.82) is 0 Å². The van der Waals surface area contributed by atoms with Crippen molar-refractivity contribution in [3.63, 3.8) is 0 Å². The SMILES string of the molecule is C#C[C@@](C)(Oc1ccc(C=O)cc1)[C@H](NS(=O)(=O)c1ccc([N+](=O)[O-])cc1)C(=O)OCc1ccccc1. The van der Waals surface area contributed by atoms with Gasteiger partial charge in [0.2, 0.25) is 10.0 Å². The maximum atomic E-state index is 13.2. The highest BCUT2D eigenvalue weighted by molar-refractivity contribution is 7.89. The molecular weight excluding hydrogens is 500 g/mol. The molecule has 2 atom stereocenters. The standard InChI is InChI=1S/C26H22N2O8S/c1-3-26(2,36-22-13-9-19(17-29)10-14-22)24(25(30)35-18-20-7-5-4-6-8-20)27-37(33,34)23-15-11-21(12-16-23)28(31)32/h1,4-17,24,27H,18H2,2H3/t24-,26-/m1/s1. The minimum Gasteiger partial charge on any atom is -0.473 e. The van der Waals surface area contributed by atoms with Crippen LogP contribution in [0.4, 0.5) is 5.69 Å². The van der Waals surface area contributed by atoms with Crippen LogP contribution in [-0.4, -0.2) is 37.2 Å². The van der Waals surface area contributed by atoms with Crippen molar-refractivity contribution >= 4 is 28.0 Å². The molecule has 0 unspecified atom stereocenters. The largest absolute Gasteiger partial charge is 0.473 e. The van der Waals surface area contributed by atoms with E-state index in [1.807, 2.05) is 0 Å². The summed E-state index contributed by atoms with van der Waals surface area (Å²) in [5.74, 6) is 1.48. The Morgan fingerprint density at radius 3 is 2.27 bits per heavy atom. The number of hydrogen-bond donors (Lipinski definition) is 1. The van der Waals surface area contributed by atoms with E-state index in [2.05, 4.69) is 10.6 Å². The van der Waals surface area contributed by atoms with Crippen LogP contribution in [0, 0.1) is 22.5 Å². The highest BCUT2D eigenvalue weighted by Crippen LogP contribution is 2.25. The summed E-state index contributed by atoms with van der Waals surface area (Å²) in [4.78, 5) is 34.1. The summed E-state index contributed by atoms with van der Waals surface area (Å²) in [6.07, 6.45) is 6.35. The number of hydrogen-bond acceptors (Lipinski definition) is 8. The van der Waals surface area contributed by atoms with Crippen molar-refractivity contribution in [1.82, 2.24) is 4.72 Å². The molecule has 0 heterocycles. The maximum absolute atomic E-state index is 13.2. The van der Waals surface area contributed by atoms with Crippen LogP contribution in [0.2, 0.25) is 0 Å². The molecule has 0 radical (unpaired) electrons. The molecule has 3 aromatic carbocycles. The lowest BCUT2D eigenvalue weighted by Gasteiger charge is -2.32. The van der Waals surface area contributed by atoms with Crippen LogP contribution in [0.3, 0.4) is 0 Å². The van der Waals surface area contributed by atoms with Crippen LogP contribution in [0.1, 0.15) is 22.8 Å². The normalized spacial score (nSPS) is 13.4. The Hall–Kier alpha value is -4.53. The van der Waals surface area contributed by atoms with Gasteiger partial charge < -0.3 is 9.47 Å². The minimum absolute atomic E-state index is 0.163. The molecule has 37 heavy (non-hydrogen) atoms. The Morgan fingerprint density at radius 1 is 1.11 bits per heavy atom. The highest BCUT2D eigenvalue weighted by atomic mass is 32.2. The monoisotopic (exact) mass is 522 g/mol. The van der Waals surface area contributed by atoms with E-state index in [0.717, 1.165) is 24.3 Å². The first-order chi connectivity index (χ1) is 17.6. The molecule has 0 aromatic heterocycles. The second-order valence-corrected chi connectivity index (χ2v) is 9.65. The first-order valence-electron chi connectivity index (χ1n) is 10.8. The van der Waals surface area contributed by atoms with Gasteiger partial charge in [-0.1, -0.05) is 36.3 Å². The molecule has 0 aliphatic carbocycles. The molecule has 0 aliphatic heterocycles. The van der Waals surface area contributed by atoms with Crippen LogP contribution in [0.15, 0.2) is 83.8 Å². The average molecular weight is 523 g/mol. The topological polar surface area (TPSA) is 142 Å². The van der Waals surface area contributed by atoms with Gasteiger partial charge in [0.25, 0.3) is 5.69 Å². The molecule has 190 valence electrons. The number of rotatable bonds is 11. The molecule has 0 bridgehead atoms. The van der Waals surface area contributed by atoms with Crippen LogP contribution >= 0.6 is 0 Å². The predicted molar refractivity (Wildman–Crippen MR) is 133 cm³/mol. The first-order valence-corrected chi connectivity index (χ1v) is 12.3. The summed E-state index contributed by atoms with van der Waals surface area (Å²) < 4.78 is 39.7. The summed E-state index contributed by atoms with van der Waals surface area (Å²) in [7, 11) is -4.42. The lowest BCUT2D eigenvalue weighted by Crippen LogP contribution is -2.58. The number of terminal acetylenes is 1. The molecule has 3 aromatic rings. The molecular formula is C26H22N2O8S. The van der Waals surface area contributed by atoms with Gasteiger partial charge in [0.1, 0.15) is 18.6 Å². The maximum Gasteiger partial charge on any atom is 0.329 e. The molecule has 1 N–H and O–H groups in total. The number of ether oxygens (including phenoxy) is 2. The highest BCUT2D eigenvalue weighted by Gasteiger charge is 2.44. The number of carbonyl (C=O) groups excluding carboxylic acids is 2. The number of nitro benzene ring substituents is 1. The number of esters is 1. The van der Waals surface area contributed by atoms with E-state index < -0.39 is 32.6 Å². The van der Waals surface area contributed by atoms with Crippen molar-refractivity contribution in [2.45, 2.75) is 30.1 Å². The summed E-state index contributed by atoms with van der Waals surface area (Å²) in [6.45, 7) is 1.16. The Labute approximate surface area is 213 Å². The van der Waals surface area contributed by atoms with Crippen molar-refractivity contribution in [2.24, 2.45) is 0 Å². The molecule has 11 heteroatoms. The van der Waals surface area contributed by atoms with Crippen molar-refractivity contribution in [3.05, 3.63) is 100 Å². The number of aldehydes is 1. The number of non-ortho nitro benzene ring substituents is 1. The summed E-state index contributed by atoms with van der Waals surface area (Å²) in [5.41, 5.74) is -1.17. The average Bonchev–Trinajstić information content (AvgIpc) is 2.91. The zero-order chi connectivity index (χ0) is 27.1. The Morgan fingerprint density at radius 2 is 1.73 bits per heavy atom. The van der Waals surface area contributed by atoms with Crippen LogP contribution in [0.5, 0.6) is 5.75 Å². The fourth-order valence-corrected chi connectivity index (χ4v) is 4.46. The second-order valence-electron chi connectivity index (χ2n) is 7.94. The molecule has 0 amide bonds. The Bertz CT molecular complexity index is 1420. The van der Waals surface area contributed by atoms with Crippen molar-refractivity contribution in [3.8, 4) is 18.1 Å². The van der Waals surface area contributed by atoms with Crippen LogP contribution < -0.4 is 9.46 Å². The van der Waals surface area contributed by atoms with Crippen molar-refractivity contribution in [2.75, 3.05) is 0 Å².